The van der Waals surface area contributed by atoms with Crippen molar-refractivity contribution in [2.45, 2.75) is 18.6 Å². The van der Waals surface area contributed by atoms with Gasteiger partial charge in [0.15, 0.2) is 0 Å². The van der Waals surface area contributed by atoms with Gasteiger partial charge in [0.25, 0.3) is 10.2 Å². The van der Waals surface area contributed by atoms with Gasteiger partial charge >= 0.3 is 12.1 Å². The quantitative estimate of drug-likeness (QED) is 0.566. The zero-order valence-electron chi connectivity index (χ0n) is 8.51. The highest BCUT2D eigenvalue weighted by Gasteiger charge is 2.35. The molecule has 0 spiro atoms. The number of halogens is 3. The highest BCUT2D eigenvalue weighted by Crippen LogP contribution is 2.17. The average Bonchev–Trinajstić information content (AvgIpc) is 2.07. The summed E-state index contributed by atoms with van der Waals surface area (Å²) in [5.41, 5.74) is 5.03. The van der Waals surface area contributed by atoms with E-state index in [-0.39, 0.29) is 4.31 Å². The van der Waals surface area contributed by atoms with Crippen molar-refractivity contribution < 1.29 is 31.5 Å². The molecule has 0 aromatic heterocycles. The molecule has 7 nitrogen and oxygen atoms in total. The van der Waals surface area contributed by atoms with E-state index < -0.39 is 47.9 Å². The number of hydrogen-bond acceptors (Lipinski definition) is 4. The first kappa shape index (κ1) is 16.1. The van der Waals surface area contributed by atoms with E-state index in [1.807, 2.05) is 0 Å². The molecule has 0 saturated carbocycles. The second kappa shape index (κ2) is 5.62. The molecular formula is C6H12F3N3O4S. The Bertz CT molecular complexity index is 369. The van der Waals surface area contributed by atoms with Gasteiger partial charge in [-0.3, -0.25) is 4.79 Å². The molecule has 1 unspecified atom stereocenters. The van der Waals surface area contributed by atoms with Gasteiger partial charge < -0.3 is 10.8 Å². The van der Waals surface area contributed by atoms with Gasteiger partial charge in [-0.2, -0.15) is 25.9 Å². The maximum atomic E-state index is 12.0. The molecule has 0 bridgehead atoms. The Hall–Kier alpha value is -0.910. The number of hydrogen-bond donors (Lipinski definition) is 3. The summed E-state index contributed by atoms with van der Waals surface area (Å²) in [6.45, 7) is -2.50. The maximum absolute atomic E-state index is 12.0. The van der Waals surface area contributed by atoms with Gasteiger partial charge in [0.1, 0.15) is 12.6 Å². The van der Waals surface area contributed by atoms with Crippen molar-refractivity contribution in [2.75, 3.05) is 13.1 Å². The number of carboxylic acid groups (broad SMARTS) is 1. The number of aliphatic carboxylic acids is 1. The molecular weight excluding hydrogens is 267 g/mol. The van der Waals surface area contributed by atoms with Crippen molar-refractivity contribution in [3.05, 3.63) is 0 Å². The summed E-state index contributed by atoms with van der Waals surface area (Å²) in [5, 5.41) is 12.9. The summed E-state index contributed by atoms with van der Waals surface area (Å²) in [6, 6.07) is -1.45. The van der Waals surface area contributed by atoms with E-state index in [4.69, 9.17) is 10.8 Å². The lowest BCUT2D eigenvalue weighted by Gasteiger charge is -2.21. The summed E-state index contributed by atoms with van der Waals surface area (Å²) in [4.78, 5) is 10.3. The number of nitrogens with zero attached hydrogens (tertiary/aromatic N) is 1. The molecule has 17 heavy (non-hydrogen) atoms. The van der Waals surface area contributed by atoms with Gasteiger partial charge in [0.2, 0.25) is 0 Å². The van der Waals surface area contributed by atoms with Gasteiger partial charge in [0.05, 0.1) is 0 Å². The van der Waals surface area contributed by atoms with Crippen molar-refractivity contribution in [3.63, 3.8) is 0 Å². The van der Waals surface area contributed by atoms with E-state index in [1.54, 1.807) is 0 Å². The summed E-state index contributed by atoms with van der Waals surface area (Å²) >= 11 is 0. The third-order valence-electron chi connectivity index (χ3n) is 1.72. The van der Waals surface area contributed by atoms with E-state index >= 15 is 0 Å². The van der Waals surface area contributed by atoms with Crippen molar-refractivity contribution in [1.82, 2.24) is 4.31 Å². The molecule has 0 aromatic carbocycles. The lowest BCUT2D eigenvalue weighted by atomic mass is 10.2. The Balaban J connectivity index is 4.59. The molecule has 5 N–H and O–H groups in total. The first-order valence-electron chi connectivity index (χ1n) is 4.26. The van der Waals surface area contributed by atoms with E-state index in [1.165, 1.54) is 0 Å². The van der Waals surface area contributed by atoms with Gasteiger partial charge in [0, 0.05) is 6.54 Å². The van der Waals surface area contributed by atoms with Gasteiger partial charge in [-0.25, -0.2) is 5.14 Å². The summed E-state index contributed by atoms with van der Waals surface area (Å²) in [7, 11) is -4.55. The fourth-order valence-electron chi connectivity index (χ4n) is 0.903. The topological polar surface area (TPSA) is 127 Å². The van der Waals surface area contributed by atoms with Gasteiger partial charge in [-0.1, -0.05) is 0 Å². The van der Waals surface area contributed by atoms with Crippen LogP contribution < -0.4 is 10.9 Å². The minimum absolute atomic E-state index is 0.0736. The van der Waals surface area contributed by atoms with E-state index in [0.29, 0.717) is 0 Å². The van der Waals surface area contributed by atoms with Crippen molar-refractivity contribution in [1.29, 1.82) is 0 Å². The molecule has 0 amide bonds. The largest absolute Gasteiger partial charge is 0.480 e. The summed E-state index contributed by atoms with van der Waals surface area (Å²) in [6.07, 6.45) is -5.23. The van der Waals surface area contributed by atoms with Crippen molar-refractivity contribution in [2.24, 2.45) is 10.9 Å². The molecule has 102 valence electrons. The second-order valence-electron chi connectivity index (χ2n) is 3.23. The van der Waals surface area contributed by atoms with E-state index in [2.05, 4.69) is 5.14 Å². The number of carbonyl (C=O) groups is 1. The zero-order chi connectivity index (χ0) is 13.9. The predicted octanol–water partition coefficient (Wildman–Crippen LogP) is -1.14. The third kappa shape index (κ3) is 7.10. The lowest BCUT2D eigenvalue weighted by Crippen LogP contribution is -2.45. The normalized spacial score (nSPS) is 14.9. The standard InChI is InChI=1S/C6H12F3N3O4S/c7-6(8,9)3-12(17(11,15)16)2-1-4(10)5(13)14/h4H,1-3,10H2,(H,13,14)(H2,11,15,16). The monoisotopic (exact) mass is 279 g/mol. The lowest BCUT2D eigenvalue weighted by molar-refractivity contribution is -0.139. The number of rotatable bonds is 6. The summed E-state index contributed by atoms with van der Waals surface area (Å²) in [5.74, 6) is -1.44. The Morgan fingerprint density at radius 3 is 2.18 bits per heavy atom. The molecule has 11 heteroatoms. The Morgan fingerprint density at radius 1 is 1.41 bits per heavy atom. The zero-order valence-corrected chi connectivity index (χ0v) is 9.33. The van der Waals surface area contributed by atoms with Crippen LogP contribution in [0.1, 0.15) is 6.42 Å². The van der Waals surface area contributed by atoms with Crippen LogP contribution in [0.3, 0.4) is 0 Å². The van der Waals surface area contributed by atoms with Crippen LogP contribution in [0.5, 0.6) is 0 Å². The van der Waals surface area contributed by atoms with Crippen LogP contribution in [0.25, 0.3) is 0 Å². The van der Waals surface area contributed by atoms with Crippen LogP contribution in [0, 0.1) is 0 Å². The Morgan fingerprint density at radius 2 is 1.88 bits per heavy atom. The molecule has 0 fully saturated rings. The first-order valence-corrected chi connectivity index (χ1v) is 5.77. The Labute approximate surface area is 95.4 Å². The van der Waals surface area contributed by atoms with Crippen LogP contribution >= 0.6 is 0 Å². The van der Waals surface area contributed by atoms with Crippen molar-refractivity contribution in [3.8, 4) is 0 Å². The van der Waals surface area contributed by atoms with E-state index in [0.717, 1.165) is 0 Å². The van der Waals surface area contributed by atoms with E-state index in [9.17, 15) is 26.4 Å². The minimum atomic E-state index is -4.76. The molecule has 0 aromatic rings. The van der Waals surface area contributed by atoms with Crippen LogP contribution in [0.4, 0.5) is 13.2 Å². The molecule has 0 aliphatic heterocycles. The molecule has 0 aliphatic carbocycles. The smallest absolute Gasteiger partial charge is 0.402 e. The molecule has 0 heterocycles. The molecule has 0 radical (unpaired) electrons. The fraction of sp³-hybridized carbons (Fsp3) is 0.833. The van der Waals surface area contributed by atoms with Gasteiger partial charge in [-0.05, 0) is 6.42 Å². The van der Waals surface area contributed by atoms with Crippen molar-refractivity contribution >= 4 is 16.2 Å². The third-order valence-corrected chi connectivity index (χ3v) is 2.75. The SMILES string of the molecule is NC(CCN(CC(F)(F)F)S(N)(=O)=O)C(=O)O. The predicted molar refractivity (Wildman–Crippen MR) is 51.0 cm³/mol. The molecule has 0 saturated heterocycles. The number of nitrogens with two attached hydrogens (primary N) is 2. The second-order valence-corrected chi connectivity index (χ2v) is 4.77. The van der Waals surface area contributed by atoms with Crippen LogP contribution in [0.2, 0.25) is 0 Å². The highest BCUT2D eigenvalue weighted by atomic mass is 32.2. The average molecular weight is 279 g/mol. The minimum Gasteiger partial charge on any atom is -0.480 e. The van der Waals surface area contributed by atoms with Crippen LogP contribution in [-0.2, 0) is 15.0 Å². The first-order chi connectivity index (χ1) is 7.43. The highest BCUT2D eigenvalue weighted by molar-refractivity contribution is 7.86. The molecule has 0 rings (SSSR count). The fourth-order valence-corrected chi connectivity index (χ4v) is 1.59. The molecule has 1 atom stereocenters. The van der Waals surface area contributed by atoms with Gasteiger partial charge in [-0.15, -0.1) is 0 Å². The number of carboxylic acids is 1. The maximum Gasteiger partial charge on any atom is 0.402 e. The Kier molecular flexibility index (Phi) is 5.32. The summed E-state index contributed by atoms with van der Waals surface area (Å²) < 4.78 is 57.6. The van der Waals surface area contributed by atoms with Crippen LogP contribution in [-0.4, -0.2) is 49.1 Å². The number of alkyl halides is 3. The van der Waals surface area contributed by atoms with Crippen LogP contribution in [0.15, 0.2) is 0 Å². The molecule has 0 aliphatic rings.